The van der Waals surface area contributed by atoms with E-state index in [2.05, 4.69) is 16.6 Å². The van der Waals surface area contributed by atoms with Gasteiger partial charge in [0.25, 0.3) is 0 Å². The predicted octanol–water partition coefficient (Wildman–Crippen LogP) is 3.99. The van der Waals surface area contributed by atoms with E-state index in [0.717, 1.165) is 23.3 Å². The molecule has 1 aliphatic rings. The molecular formula is C15H17FN2S. The van der Waals surface area contributed by atoms with E-state index in [-0.39, 0.29) is 5.82 Å². The first-order valence-electron chi connectivity index (χ1n) is 6.48. The number of nitrogens with zero attached hydrogens (tertiary/aromatic N) is 1. The van der Waals surface area contributed by atoms with Gasteiger partial charge in [-0.05, 0) is 38.2 Å². The van der Waals surface area contributed by atoms with Crippen LogP contribution >= 0.6 is 11.8 Å². The number of pyridine rings is 1. The van der Waals surface area contributed by atoms with Crippen LogP contribution in [0.4, 0.5) is 10.1 Å². The van der Waals surface area contributed by atoms with Gasteiger partial charge < -0.3 is 5.32 Å². The zero-order valence-electron chi connectivity index (χ0n) is 11.2. The summed E-state index contributed by atoms with van der Waals surface area (Å²) in [6.07, 6.45) is 4.68. The highest BCUT2D eigenvalue weighted by Crippen LogP contribution is 2.47. The number of rotatable bonds is 4. The minimum atomic E-state index is -0.254. The monoisotopic (exact) mass is 276 g/mol. The van der Waals surface area contributed by atoms with Gasteiger partial charge in [0, 0.05) is 28.1 Å². The van der Waals surface area contributed by atoms with Gasteiger partial charge in [0.1, 0.15) is 11.3 Å². The quantitative estimate of drug-likeness (QED) is 0.914. The molecule has 1 aromatic heterocycles. The van der Waals surface area contributed by atoms with Gasteiger partial charge in [-0.2, -0.15) is 11.8 Å². The standard InChI is InChI=1S/C15H17FN2S/c1-10-8-13(17-9-15(19-2)6-7-15)11-4-3-5-12(16)14(11)18-10/h3-5,8H,6-7,9H2,1-2H3,(H,17,18). The van der Waals surface area contributed by atoms with Gasteiger partial charge in [0.2, 0.25) is 0 Å². The number of para-hydroxylation sites is 1. The molecule has 4 heteroatoms. The molecule has 1 saturated carbocycles. The van der Waals surface area contributed by atoms with Crippen molar-refractivity contribution in [1.82, 2.24) is 4.98 Å². The van der Waals surface area contributed by atoms with Crippen LogP contribution in [0, 0.1) is 12.7 Å². The van der Waals surface area contributed by atoms with Gasteiger partial charge in [0.05, 0.1) is 0 Å². The first kappa shape index (κ1) is 12.7. The van der Waals surface area contributed by atoms with Gasteiger partial charge in [-0.25, -0.2) is 9.37 Å². The highest BCUT2D eigenvalue weighted by Gasteiger charge is 2.41. The topological polar surface area (TPSA) is 24.9 Å². The Bertz CT molecular complexity index is 623. The van der Waals surface area contributed by atoms with E-state index in [1.807, 2.05) is 30.8 Å². The number of hydrogen-bond acceptors (Lipinski definition) is 3. The van der Waals surface area contributed by atoms with Crippen LogP contribution in [0.1, 0.15) is 18.5 Å². The molecular weight excluding hydrogens is 259 g/mol. The molecule has 1 N–H and O–H groups in total. The third-order valence-corrected chi connectivity index (χ3v) is 5.18. The van der Waals surface area contributed by atoms with Crippen molar-refractivity contribution in [2.45, 2.75) is 24.5 Å². The fourth-order valence-electron chi connectivity index (χ4n) is 2.34. The molecule has 1 aromatic carbocycles. The van der Waals surface area contributed by atoms with Gasteiger partial charge in [0.15, 0.2) is 0 Å². The number of thioether (sulfide) groups is 1. The Morgan fingerprint density at radius 3 is 2.89 bits per heavy atom. The molecule has 19 heavy (non-hydrogen) atoms. The molecule has 1 aliphatic carbocycles. The molecule has 100 valence electrons. The minimum Gasteiger partial charge on any atom is -0.383 e. The van der Waals surface area contributed by atoms with Crippen LogP contribution in [0.15, 0.2) is 24.3 Å². The van der Waals surface area contributed by atoms with Crippen molar-refractivity contribution in [1.29, 1.82) is 0 Å². The normalized spacial score (nSPS) is 16.6. The van der Waals surface area contributed by atoms with Gasteiger partial charge in [-0.1, -0.05) is 12.1 Å². The number of benzene rings is 1. The van der Waals surface area contributed by atoms with Crippen molar-refractivity contribution >= 4 is 28.4 Å². The number of nitrogens with one attached hydrogen (secondary N) is 1. The van der Waals surface area contributed by atoms with Crippen LogP contribution in [0.25, 0.3) is 10.9 Å². The Morgan fingerprint density at radius 2 is 2.21 bits per heavy atom. The van der Waals surface area contributed by atoms with E-state index in [1.165, 1.54) is 18.9 Å². The molecule has 0 saturated heterocycles. The molecule has 0 atom stereocenters. The van der Waals surface area contributed by atoms with Gasteiger partial charge in [-0.3, -0.25) is 0 Å². The Hall–Kier alpha value is -1.29. The van der Waals surface area contributed by atoms with Gasteiger partial charge in [-0.15, -0.1) is 0 Å². The molecule has 0 bridgehead atoms. The van der Waals surface area contributed by atoms with E-state index in [9.17, 15) is 4.39 Å². The molecule has 0 aliphatic heterocycles. The van der Waals surface area contributed by atoms with E-state index >= 15 is 0 Å². The lowest BCUT2D eigenvalue weighted by atomic mass is 10.1. The summed E-state index contributed by atoms with van der Waals surface area (Å²) in [6, 6.07) is 7.12. The lowest BCUT2D eigenvalue weighted by Crippen LogP contribution is -2.17. The van der Waals surface area contributed by atoms with Crippen LogP contribution < -0.4 is 5.32 Å². The Labute approximate surface area is 116 Å². The average molecular weight is 276 g/mol. The second kappa shape index (κ2) is 4.67. The maximum atomic E-state index is 13.8. The Balaban J connectivity index is 1.96. The van der Waals surface area contributed by atoms with E-state index in [4.69, 9.17) is 0 Å². The van der Waals surface area contributed by atoms with E-state index in [1.54, 1.807) is 6.07 Å². The number of anilines is 1. The summed E-state index contributed by atoms with van der Waals surface area (Å²) in [5.41, 5.74) is 2.29. The number of aromatic nitrogens is 1. The van der Waals surface area contributed by atoms with Crippen LogP contribution in [0.2, 0.25) is 0 Å². The molecule has 2 nitrogen and oxygen atoms in total. The molecule has 1 heterocycles. The lowest BCUT2D eigenvalue weighted by molar-refractivity contribution is 0.636. The molecule has 3 rings (SSSR count). The summed E-state index contributed by atoms with van der Waals surface area (Å²) < 4.78 is 14.2. The smallest absolute Gasteiger partial charge is 0.149 e. The number of fused-ring (bicyclic) bond motifs is 1. The number of halogens is 1. The summed E-state index contributed by atoms with van der Waals surface area (Å²) in [6.45, 7) is 2.84. The first-order chi connectivity index (χ1) is 9.13. The molecule has 0 radical (unpaired) electrons. The third kappa shape index (κ3) is 2.41. The highest BCUT2D eigenvalue weighted by atomic mass is 32.2. The van der Waals surface area contributed by atoms with Crippen molar-refractivity contribution in [2.24, 2.45) is 0 Å². The summed E-state index contributed by atoms with van der Waals surface area (Å²) in [5, 5.41) is 4.35. The average Bonchev–Trinajstić information content (AvgIpc) is 3.18. The van der Waals surface area contributed by atoms with E-state index in [0.29, 0.717) is 10.3 Å². The summed E-state index contributed by atoms with van der Waals surface area (Å²) in [4.78, 5) is 4.30. The third-order valence-electron chi connectivity index (χ3n) is 3.76. The Morgan fingerprint density at radius 1 is 1.42 bits per heavy atom. The van der Waals surface area contributed by atoms with Crippen molar-refractivity contribution in [2.75, 3.05) is 18.1 Å². The molecule has 0 spiro atoms. The zero-order valence-corrected chi connectivity index (χ0v) is 12.0. The second-order valence-corrected chi connectivity index (χ2v) is 6.46. The van der Waals surface area contributed by atoms with Gasteiger partial charge >= 0.3 is 0 Å². The minimum absolute atomic E-state index is 0.254. The highest BCUT2D eigenvalue weighted by molar-refractivity contribution is 8.00. The molecule has 2 aromatic rings. The SMILES string of the molecule is CSC1(CNc2cc(C)nc3c(F)cccc23)CC1. The fraction of sp³-hybridized carbons (Fsp3) is 0.400. The molecule has 1 fully saturated rings. The lowest BCUT2D eigenvalue weighted by Gasteiger charge is -2.16. The molecule has 0 unspecified atom stereocenters. The van der Waals surface area contributed by atoms with Crippen molar-refractivity contribution < 1.29 is 4.39 Å². The zero-order chi connectivity index (χ0) is 13.5. The van der Waals surface area contributed by atoms with Crippen molar-refractivity contribution in [3.63, 3.8) is 0 Å². The summed E-state index contributed by atoms with van der Waals surface area (Å²) in [7, 11) is 0. The number of hydrogen-bond donors (Lipinski definition) is 1. The van der Waals surface area contributed by atoms with Crippen molar-refractivity contribution in [3.05, 3.63) is 35.8 Å². The second-order valence-electron chi connectivity index (χ2n) is 5.19. The summed E-state index contributed by atoms with van der Waals surface area (Å²) >= 11 is 1.92. The van der Waals surface area contributed by atoms with Crippen LogP contribution in [-0.2, 0) is 0 Å². The molecule has 0 amide bonds. The van der Waals surface area contributed by atoms with Crippen LogP contribution in [-0.4, -0.2) is 22.5 Å². The van der Waals surface area contributed by atoms with Crippen LogP contribution in [0.5, 0.6) is 0 Å². The largest absolute Gasteiger partial charge is 0.383 e. The fourth-order valence-corrected chi connectivity index (χ4v) is 3.06. The van der Waals surface area contributed by atoms with E-state index < -0.39 is 0 Å². The maximum absolute atomic E-state index is 13.8. The summed E-state index contributed by atoms with van der Waals surface area (Å²) in [5.74, 6) is -0.254. The maximum Gasteiger partial charge on any atom is 0.149 e. The van der Waals surface area contributed by atoms with Crippen molar-refractivity contribution in [3.8, 4) is 0 Å². The number of aryl methyl sites for hydroxylation is 1. The predicted molar refractivity (Wildman–Crippen MR) is 80.4 cm³/mol. The first-order valence-corrected chi connectivity index (χ1v) is 7.71. The van der Waals surface area contributed by atoms with Crippen LogP contribution in [0.3, 0.4) is 0 Å². The Kier molecular flexibility index (Phi) is 3.13.